The van der Waals surface area contributed by atoms with Gasteiger partial charge in [0.05, 0.1) is 16.8 Å². The number of aryl methyl sites for hydroxylation is 1. The normalized spacial score (nSPS) is 18.3. The highest BCUT2D eigenvalue weighted by Gasteiger charge is 2.32. The molecule has 1 atom stereocenters. The molecule has 0 aromatic heterocycles. The molecule has 0 spiro atoms. The zero-order valence-electron chi connectivity index (χ0n) is 14.2. The lowest BCUT2D eigenvalue weighted by Crippen LogP contribution is -2.32. The van der Waals surface area contributed by atoms with E-state index in [0.717, 1.165) is 5.56 Å². The Labute approximate surface area is 151 Å². The summed E-state index contributed by atoms with van der Waals surface area (Å²) in [4.78, 5) is 12.8. The number of ether oxygens (including phenoxy) is 2. The molecule has 1 aliphatic rings. The predicted octanol–water partition coefficient (Wildman–Crippen LogP) is 2.19. The summed E-state index contributed by atoms with van der Waals surface area (Å²) in [6.45, 7) is 1.87. The molecule has 0 fully saturated rings. The first-order valence-corrected chi connectivity index (χ1v) is 9.29. The van der Waals surface area contributed by atoms with Crippen LogP contribution in [0, 0.1) is 6.92 Å². The van der Waals surface area contributed by atoms with Gasteiger partial charge in [0.2, 0.25) is 16.3 Å². The first-order chi connectivity index (χ1) is 12.3. The van der Waals surface area contributed by atoms with Gasteiger partial charge in [-0.2, -0.15) is 0 Å². The fourth-order valence-corrected chi connectivity index (χ4v) is 3.37. The summed E-state index contributed by atoms with van der Waals surface area (Å²) < 4.78 is 34.3. The Morgan fingerprint density at radius 2 is 1.96 bits per heavy atom. The van der Waals surface area contributed by atoms with E-state index >= 15 is 0 Å². The van der Waals surface area contributed by atoms with Crippen molar-refractivity contribution in [3.8, 4) is 5.75 Å². The fraction of sp³-hybridized carbons (Fsp3) is 0.167. The summed E-state index contributed by atoms with van der Waals surface area (Å²) in [7, 11) is -2.49. The number of carbonyl (C=O) groups is 1. The van der Waals surface area contributed by atoms with Crippen LogP contribution in [0.4, 0.5) is 5.69 Å². The van der Waals surface area contributed by atoms with Crippen LogP contribution >= 0.6 is 0 Å². The van der Waals surface area contributed by atoms with Crippen LogP contribution < -0.4 is 15.2 Å². The molecule has 2 aromatic carbocycles. The Kier molecular flexibility index (Phi) is 4.82. The zero-order valence-corrected chi connectivity index (χ0v) is 15.0. The minimum Gasteiger partial charge on any atom is -0.460 e. The molecule has 1 aliphatic heterocycles. The molecule has 0 saturated carbocycles. The Bertz CT molecular complexity index is 998. The van der Waals surface area contributed by atoms with E-state index in [2.05, 4.69) is 5.32 Å². The number of sulfonamides is 1. The number of para-hydroxylation sites is 1. The SMILES string of the molecule is COC1Oc2ccc(C)cc2C(=O)/C1=C\Nc1ccccc1S(N)(=O)=O. The standard InChI is InChI=1S/C18H18N2O5S/c1-11-7-8-15-12(9-11)17(21)13(18(24-2)25-15)10-20-14-5-3-4-6-16(14)26(19,22)23/h3-10,18,20H,1-2H3,(H2,19,22,23)/b13-10+. The molecule has 3 rings (SSSR count). The molecule has 0 radical (unpaired) electrons. The molecule has 0 bridgehead atoms. The number of Topliss-reactive ketones (excluding diaryl/α,β-unsaturated/α-hetero) is 1. The maximum Gasteiger partial charge on any atom is 0.240 e. The number of ketones is 1. The number of methoxy groups -OCH3 is 1. The maximum atomic E-state index is 12.8. The molecule has 1 unspecified atom stereocenters. The summed E-state index contributed by atoms with van der Waals surface area (Å²) in [6, 6.07) is 11.4. The Balaban J connectivity index is 1.99. The van der Waals surface area contributed by atoms with E-state index in [1.54, 1.807) is 30.3 Å². The Hall–Kier alpha value is -2.68. The van der Waals surface area contributed by atoms with Gasteiger partial charge < -0.3 is 14.8 Å². The molecule has 8 heteroatoms. The molecule has 0 amide bonds. The molecule has 0 aliphatic carbocycles. The Morgan fingerprint density at radius 1 is 1.23 bits per heavy atom. The van der Waals surface area contributed by atoms with Gasteiger partial charge in [-0.25, -0.2) is 13.6 Å². The van der Waals surface area contributed by atoms with Gasteiger partial charge in [-0.3, -0.25) is 4.79 Å². The van der Waals surface area contributed by atoms with Crippen molar-refractivity contribution in [1.82, 2.24) is 0 Å². The van der Waals surface area contributed by atoms with E-state index in [1.807, 2.05) is 13.0 Å². The molecule has 2 aromatic rings. The number of nitrogens with two attached hydrogens (primary N) is 1. The van der Waals surface area contributed by atoms with Crippen LogP contribution in [0.2, 0.25) is 0 Å². The molecular formula is C18H18N2O5S. The van der Waals surface area contributed by atoms with E-state index < -0.39 is 16.3 Å². The molecule has 0 saturated heterocycles. The second kappa shape index (κ2) is 6.91. The quantitative estimate of drug-likeness (QED) is 0.794. The van der Waals surface area contributed by atoms with Crippen molar-refractivity contribution in [2.24, 2.45) is 5.14 Å². The van der Waals surface area contributed by atoms with Gasteiger partial charge in [-0.15, -0.1) is 0 Å². The summed E-state index contributed by atoms with van der Waals surface area (Å²) in [5, 5.41) is 8.05. The molecule has 26 heavy (non-hydrogen) atoms. The molecule has 7 nitrogen and oxygen atoms in total. The number of primary sulfonamides is 1. The Morgan fingerprint density at radius 3 is 2.65 bits per heavy atom. The van der Waals surface area contributed by atoms with Crippen LogP contribution in [0.3, 0.4) is 0 Å². The van der Waals surface area contributed by atoms with Gasteiger partial charge in [-0.1, -0.05) is 23.8 Å². The molecule has 136 valence electrons. The number of hydrogen-bond donors (Lipinski definition) is 2. The van der Waals surface area contributed by atoms with Crippen molar-refractivity contribution in [1.29, 1.82) is 0 Å². The number of carbonyl (C=O) groups excluding carboxylic acids is 1. The number of nitrogens with one attached hydrogen (secondary N) is 1. The van der Waals surface area contributed by atoms with Crippen LogP contribution in [0.5, 0.6) is 5.75 Å². The van der Waals surface area contributed by atoms with Crippen LogP contribution in [0.25, 0.3) is 0 Å². The maximum absolute atomic E-state index is 12.8. The van der Waals surface area contributed by atoms with Gasteiger partial charge in [0.25, 0.3) is 0 Å². The smallest absolute Gasteiger partial charge is 0.240 e. The van der Waals surface area contributed by atoms with Crippen LogP contribution in [-0.2, 0) is 14.8 Å². The number of rotatable bonds is 4. The third kappa shape index (κ3) is 3.48. The first kappa shape index (κ1) is 18.1. The van der Waals surface area contributed by atoms with Gasteiger partial charge in [0.1, 0.15) is 10.6 Å². The van der Waals surface area contributed by atoms with Crippen molar-refractivity contribution in [2.45, 2.75) is 18.1 Å². The predicted molar refractivity (Wildman–Crippen MR) is 96.5 cm³/mol. The van der Waals surface area contributed by atoms with Crippen LogP contribution in [0.15, 0.2) is 59.1 Å². The van der Waals surface area contributed by atoms with Gasteiger partial charge in [0, 0.05) is 13.3 Å². The van der Waals surface area contributed by atoms with Gasteiger partial charge in [-0.05, 0) is 31.2 Å². The van der Waals surface area contributed by atoms with Crippen LogP contribution in [-0.4, -0.2) is 27.6 Å². The number of benzene rings is 2. The van der Waals surface area contributed by atoms with E-state index in [1.165, 1.54) is 19.4 Å². The van der Waals surface area contributed by atoms with Gasteiger partial charge in [0.15, 0.2) is 5.78 Å². The lowest BCUT2D eigenvalue weighted by atomic mass is 9.98. The molecule has 1 heterocycles. The lowest BCUT2D eigenvalue weighted by molar-refractivity contribution is -0.0283. The number of hydrogen-bond acceptors (Lipinski definition) is 6. The molecule has 3 N–H and O–H groups in total. The van der Waals surface area contributed by atoms with Crippen molar-refractivity contribution in [2.75, 3.05) is 12.4 Å². The van der Waals surface area contributed by atoms with Crippen LogP contribution in [0.1, 0.15) is 15.9 Å². The monoisotopic (exact) mass is 374 g/mol. The van der Waals surface area contributed by atoms with Gasteiger partial charge >= 0.3 is 0 Å². The largest absolute Gasteiger partial charge is 0.460 e. The minimum absolute atomic E-state index is 0.0776. The van der Waals surface area contributed by atoms with Crippen molar-refractivity contribution < 1.29 is 22.7 Å². The fourth-order valence-electron chi connectivity index (χ4n) is 2.66. The lowest BCUT2D eigenvalue weighted by Gasteiger charge is -2.26. The highest BCUT2D eigenvalue weighted by atomic mass is 32.2. The number of anilines is 1. The highest BCUT2D eigenvalue weighted by molar-refractivity contribution is 7.89. The second-order valence-corrected chi connectivity index (χ2v) is 7.33. The summed E-state index contributed by atoms with van der Waals surface area (Å²) in [5.41, 5.74) is 1.81. The summed E-state index contributed by atoms with van der Waals surface area (Å²) >= 11 is 0. The highest BCUT2D eigenvalue weighted by Crippen LogP contribution is 2.32. The summed E-state index contributed by atoms with van der Waals surface area (Å²) in [5.74, 6) is 0.178. The van der Waals surface area contributed by atoms with Crippen molar-refractivity contribution in [3.05, 3.63) is 65.4 Å². The van der Waals surface area contributed by atoms with Crippen molar-refractivity contribution >= 4 is 21.5 Å². The van der Waals surface area contributed by atoms with E-state index in [4.69, 9.17) is 14.6 Å². The third-order valence-corrected chi connectivity index (χ3v) is 4.89. The van der Waals surface area contributed by atoms with E-state index in [-0.39, 0.29) is 21.9 Å². The van der Waals surface area contributed by atoms with E-state index in [9.17, 15) is 13.2 Å². The third-order valence-electron chi connectivity index (χ3n) is 3.92. The van der Waals surface area contributed by atoms with Crippen molar-refractivity contribution in [3.63, 3.8) is 0 Å². The average Bonchev–Trinajstić information content (AvgIpc) is 2.60. The zero-order chi connectivity index (χ0) is 18.9. The average molecular weight is 374 g/mol. The summed E-state index contributed by atoms with van der Waals surface area (Å²) in [6.07, 6.45) is 0.470. The van der Waals surface area contributed by atoms with E-state index in [0.29, 0.717) is 11.3 Å². The minimum atomic E-state index is -3.91. The topological polar surface area (TPSA) is 108 Å². The first-order valence-electron chi connectivity index (χ1n) is 7.74. The number of fused-ring (bicyclic) bond motifs is 1. The molecular weight excluding hydrogens is 356 g/mol. The second-order valence-electron chi connectivity index (χ2n) is 5.80.